The first-order valence-corrected chi connectivity index (χ1v) is 4.03. The van der Waals surface area contributed by atoms with Crippen LogP contribution in [0, 0.1) is 0 Å². The fraction of sp³-hybridized carbons (Fsp3) is 0.750. The Balaban J connectivity index is 4.15. The minimum atomic E-state index is -1.26. The van der Waals surface area contributed by atoms with E-state index in [1.807, 2.05) is 0 Å². The number of hydrogen-bond donors (Lipinski definition) is 0. The fourth-order valence-corrected chi connectivity index (χ4v) is 0.725. The van der Waals surface area contributed by atoms with E-state index in [1.165, 1.54) is 7.11 Å². The second-order valence-corrected chi connectivity index (χ2v) is 2.12. The molecule has 0 aliphatic carbocycles. The van der Waals surface area contributed by atoms with Gasteiger partial charge in [-0.3, -0.25) is 0 Å². The SMILES string of the molecule is CCOC(=O)C(OC)C(=O)OCC. The van der Waals surface area contributed by atoms with Crippen LogP contribution in [0.4, 0.5) is 0 Å². The minimum absolute atomic E-state index is 0.206. The molecule has 0 aliphatic heterocycles. The molecule has 5 nitrogen and oxygen atoms in total. The van der Waals surface area contributed by atoms with Gasteiger partial charge >= 0.3 is 11.9 Å². The van der Waals surface area contributed by atoms with Crippen LogP contribution >= 0.6 is 0 Å². The van der Waals surface area contributed by atoms with E-state index in [4.69, 9.17) is 0 Å². The quantitative estimate of drug-likeness (QED) is 0.455. The van der Waals surface area contributed by atoms with Gasteiger partial charge in [0.2, 0.25) is 0 Å². The van der Waals surface area contributed by atoms with Crippen molar-refractivity contribution >= 4 is 11.9 Å². The van der Waals surface area contributed by atoms with Gasteiger partial charge in [-0.25, -0.2) is 9.59 Å². The molecule has 0 heterocycles. The van der Waals surface area contributed by atoms with Crippen molar-refractivity contribution in [2.24, 2.45) is 0 Å². The molecule has 0 saturated heterocycles. The Kier molecular flexibility index (Phi) is 5.88. The number of carbonyl (C=O) groups excluding carboxylic acids is 2. The molecule has 0 radical (unpaired) electrons. The lowest BCUT2D eigenvalue weighted by Gasteiger charge is -2.11. The van der Waals surface area contributed by atoms with Crippen molar-refractivity contribution in [2.75, 3.05) is 20.3 Å². The highest BCUT2D eigenvalue weighted by molar-refractivity contribution is 5.98. The molecule has 0 aliphatic rings. The Morgan fingerprint density at radius 3 is 1.69 bits per heavy atom. The summed E-state index contributed by atoms with van der Waals surface area (Å²) < 4.78 is 13.8. The van der Waals surface area contributed by atoms with Crippen LogP contribution in [0.1, 0.15) is 13.8 Å². The van der Waals surface area contributed by atoms with Gasteiger partial charge in [0.15, 0.2) is 0 Å². The number of esters is 2. The maximum absolute atomic E-state index is 11.0. The molecule has 0 aromatic heterocycles. The topological polar surface area (TPSA) is 61.8 Å². The third kappa shape index (κ3) is 3.89. The number of ether oxygens (including phenoxy) is 3. The largest absolute Gasteiger partial charge is 0.464 e. The smallest absolute Gasteiger partial charge is 0.347 e. The summed E-state index contributed by atoms with van der Waals surface area (Å²) in [6, 6.07) is 0. The van der Waals surface area contributed by atoms with Crippen LogP contribution in [-0.2, 0) is 23.8 Å². The molecule has 0 amide bonds. The maximum Gasteiger partial charge on any atom is 0.347 e. The van der Waals surface area contributed by atoms with Crippen LogP contribution in [0.25, 0.3) is 0 Å². The van der Waals surface area contributed by atoms with Gasteiger partial charge in [-0.2, -0.15) is 0 Å². The van der Waals surface area contributed by atoms with Crippen molar-refractivity contribution in [1.82, 2.24) is 0 Å². The van der Waals surface area contributed by atoms with E-state index in [0.717, 1.165) is 0 Å². The maximum atomic E-state index is 11.0. The summed E-state index contributed by atoms with van der Waals surface area (Å²) in [5, 5.41) is 0. The van der Waals surface area contributed by atoms with Gasteiger partial charge in [0.05, 0.1) is 13.2 Å². The number of methoxy groups -OCH3 is 1. The Bertz CT molecular complexity index is 159. The highest BCUT2D eigenvalue weighted by Crippen LogP contribution is 1.97. The summed E-state index contributed by atoms with van der Waals surface area (Å²) in [6.45, 7) is 3.71. The van der Waals surface area contributed by atoms with Crippen LogP contribution < -0.4 is 0 Å². The lowest BCUT2D eigenvalue weighted by molar-refractivity contribution is -0.170. The predicted molar refractivity (Wildman–Crippen MR) is 44.1 cm³/mol. The zero-order chi connectivity index (χ0) is 10.3. The first-order chi connectivity index (χ1) is 6.17. The average molecular weight is 190 g/mol. The number of rotatable bonds is 5. The van der Waals surface area contributed by atoms with Gasteiger partial charge in [-0.15, -0.1) is 0 Å². The van der Waals surface area contributed by atoms with E-state index in [0.29, 0.717) is 0 Å². The third-order valence-corrected chi connectivity index (χ3v) is 1.24. The van der Waals surface area contributed by atoms with Crippen molar-refractivity contribution in [3.05, 3.63) is 0 Å². The summed E-state index contributed by atoms with van der Waals surface area (Å²) in [4.78, 5) is 22.1. The van der Waals surface area contributed by atoms with E-state index in [9.17, 15) is 9.59 Å². The fourth-order valence-electron chi connectivity index (χ4n) is 0.725. The van der Waals surface area contributed by atoms with Gasteiger partial charge in [0.25, 0.3) is 6.10 Å². The molecule has 13 heavy (non-hydrogen) atoms. The number of carbonyl (C=O) groups is 2. The van der Waals surface area contributed by atoms with Crippen LogP contribution in [0.5, 0.6) is 0 Å². The van der Waals surface area contributed by atoms with Crippen LogP contribution in [-0.4, -0.2) is 38.4 Å². The molecule has 0 rings (SSSR count). The average Bonchev–Trinajstić information content (AvgIpc) is 2.06. The van der Waals surface area contributed by atoms with E-state index in [2.05, 4.69) is 14.2 Å². The van der Waals surface area contributed by atoms with Crippen molar-refractivity contribution in [3.8, 4) is 0 Å². The van der Waals surface area contributed by atoms with Gasteiger partial charge in [-0.1, -0.05) is 0 Å². The van der Waals surface area contributed by atoms with Crippen LogP contribution in [0.2, 0.25) is 0 Å². The summed E-state index contributed by atoms with van der Waals surface area (Å²) in [5.74, 6) is -1.44. The monoisotopic (exact) mass is 190 g/mol. The molecule has 0 bridgehead atoms. The van der Waals surface area contributed by atoms with E-state index < -0.39 is 18.0 Å². The summed E-state index contributed by atoms with van der Waals surface area (Å²) in [7, 11) is 1.25. The molecule has 0 aromatic rings. The van der Waals surface area contributed by atoms with Gasteiger partial charge < -0.3 is 14.2 Å². The molecule has 0 N–H and O–H groups in total. The Morgan fingerprint density at radius 2 is 1.46 bits per heavy atom. The van der Waals surface area contributed by atoms with Crippen molar-refractivity contribution in [1.29, 1.82) is 0 Å². The van der Waals surface area contributed by atoms with Gasteiger partial charge in [-0.05, 0) is 13.8 Å². The predicted octanol–water partition coefficient (Wildman–Crippen LogP) is 0.128. The van der Waals surface area contributed by atoms with E-state index >= 15 is 0 Å². The van der Waals surface area contributed by atoms with Crippen LogP contribution in [0.3, 0.4) is 0 Å². The Labute approximate surface area is 77.0 Å². The minimum Gasteiger partial charge on any atom is -0.464 e. The molecule has 0 spiro atoms. The summed E-state index contributed by atoms with van der Waals surface area (Å²) in [6.07, 6.45) is -1.26. The first-order valence-electron chi connectivity index (χ1n) is 4.03. The molecule has 5 heteroatoms. The molecule has 0 saturated carbocycles. The molecule has 0 unspecified atom stereocenters. The van der Waals surface area contributed by atoms with Crippen LogP contribution in [0.15, 0.2) is 0 Å². The molecular weight excluding hydrogens is 176 g/mol. The van der Waals surface area contributed by atoms with E-state index in [1.54, 1.807) is 13.8 Å². The Morgan fingerprint density at radius 1 is 1.08 bits per heavy atom. The van der Waals surface area contributed by atoms with Crippen molar-refractivity contribution in [3.63, 3.8) is 0 Å². The molecule has 0 aromatic carbocycles. The highest BCUT2D eigenvalue weighted by atomic mass is 16.6. The van der Waals surface area contributed by atoms with Gasteiger partial charge in [0, 0.05) is 7.11 Å². The summed E-state index contributed by atoms with van der Waals surface area (Å²) in [5.41, 5.74) is 0. The normalized spacial score (nSPS) is 9.85. The zero-order valence-electron chi connectivity index (χ0n) is 8.03. The molecule has 0 atom stereocenters. The second kappa shape index (κ2) is 6.42. The van der Waals surface area contributed by atoms with E-state index in [-0.39, 0.29) is 13.2 Å². The highest BCUT2D eigenvalue weighted by Gasteiger charge is 2.28. The second-order valence-electron chi connectivity index (χ2n) is 2.12. The van der Waals surface area contributed by atoms with Gasteiger partial charge in [0.1, 0.15) is 0 Å². The molecular formula is C8H14O5. The van der Waals surface area contributed by atoms with Crippen molar-refractivity contribution in [2.45, 2.75) is 20.0 Å². The lowest BCUT2D eigenvalue weighted by Crippen LogP contribution is -2.35. The van der Waals surface area contributed by atoms with Crippen molar-refractivity contribution < 1.29 is 23.8 Å². The summed E-state index contributed by atoms with van der Waals surface area (Å²) >= 11 is 0. The number of hydrogen-bond acceptors (Lipinski definition) is 5. The first kappa shape index (κ1) is 11.9. The Hall–Kier alpha value is -1.10. The third-order valence-electron chi connectivity index (χ3n) is 1.24. The lowest BCUT2D eigenvalue weighted by atomic mass is 10.3. The zero-order valence-corrected chi connectivity index (χ0v) is 8.03. The molecule has 0 fully saturated rings. The molecule has 76 valence electrons. The standard InChI is InChI=1S/C8H14O5/c1-4-12-7(9)6(11-3)8(10)13-5-2/h6H,4-5H2,1-3H3.